The summed E-state index contributed by atoms with van der Waals surface area (Å²) in [5.41, 5.74) is 7.77. The lowest BCUT2D eigenvalue weighted by Gasteiger charge is -2.11. The predicted molar refractivity (Wildman–Crippen MR) is 84.6 cm³/mol. The van der Waals surface area contributed by atoms with Gasteiger partial charge in [-0.2, -0.15) is 0 Å². The number of thiazole rings is 1. The molecule has 2 aromatic rings. The molecule has 112 valence electrons. The van der Waals surface area contributed by atoms with Gasteiger partial charge in [0, 0.05) is 5.38 Å². The molecule has 1 atom stereocenters. The molecular formula is C15H19N3O2S. The van der Waals surface area contributed by atoms with Crippen LogP contribution in [0.4, 0.5) is 5.13 Å². The summed E-state index contributed by atoms with van der Waals surface area (Å²) in [6.45, 7) is 4.11. The molecule has 0 radical (unpaired) electrons. The van der Waals surface area contributed by atoms with E-state index in [0.29, 0.717) is 17.5 Å². The van der Waals surface area contributed by atoms with Gasteiger partial charge in [-0.15, -0.1) is 11.3 Å². The quantitative estimate of drug-likeness (QED) is 0.792. The molecule has 1 aromatic heterocycles. The monoisotopic (exact) mass is 305 g/mol. The van der Waals surface area contributed by atoms with Crippen LogP contribution in [0, 0.1) is 0 Å². The number of hydrogen-bond acceptors (Lipinski definition) is 5. The maximum atomic E-state index is 12.0. The minimum absolute atomic E-state index is 0.195. The zero-order chi connectivity index (χ0) is 15.4. The molecule has 1 aromatic carbocycles. The second kappa shape index (κ2) is 6.69. The number of nitrogens with zero attached hydrogens (tertiary/aromatic N) is 1. The van der Waals surface area contributed by atoms with Crippen LogP contribution in [0.2, 0.25) is 0 Å². The number of rotatable bonds is 5. The summed E-state index contributed by atoms with van der Waals surface area (Å²) in [6.07, 6.45) is 0.411. The van der Waals surface area contributed by atoms with Crippen LogP contribution in [0.1, 0.15) is 31.0 Å². The number of nitrogens with one attached hydrogen (secondary N) is 1. The Morgan fingerprint density at radius 3 is 2.62 bits per heavy atom. The van der Waals surface area contributed by atoms with Gasteiger partial charge in [0.15, 0.2) is 5.13 Å². The Labute approximate surface area is 127 Å². The number of carbonyl (C=O) groups excluding carboxylic acids is 1. The number of aromatic hydroxyl groups is 1. The molecule has 0 aliphatic carbocycles. The number of benzene rings is 1. The highest BCUT2D eigenvalue weighted by molar-refractivity contribution is 7.13. The molecule has 0 fully saturated rings. The third-order valence-corrected chi connectivity index (χ3v) is 3.85. The zero-order valence-electron chi connectivity index (χ0n) is 12.0. The average Bonchev–Trinajstić information content (AvgIpc) is 2.90. The van der Waals surface area contributed by atoms with E-state index in [1.165, 1.54) is 11.3 Å². The standard InChI is InChI=1S/C15H19N3O2S/c1-9(2)13-8-21-15(17-13)18-14(20)12(16)7-10-3-5-11(19)6-4-10/h3-6,8-9,12,19H,7,16H2,1-2H3,(H,17,18,20)/t12-/m0/s1. The topological polar surface area (TPSA) is 88.2 Å². The Bertz CT molecular complexity index is 608. The number of phenolic OH excluding ortho intramolecular Hbond substituents is 1. The average molecular weight is 305 g/mol. The first-order valence-electron chi connectivity index (χ1n) is 6.75. The van der Waals surface area contributed by atoms with E-state index in [1.54, 1.807) is 24.3 Å². The van der Waals surface area contributed by atoms with Gasteiger partial charge in [-0.1, -0.05) is 26.0 Å². The Balaban J connectivity index is 1.94. The van der Waals surface area contributed by atoms with Crippen LogP contribution in [0.3, 0.4) is 0 Å². The molecule has 0 saturated heterocycles. The van der Waals surface area contributed by atoms with Gasteiger partial charge < -0.3 is 16.2 Å². The molecule has 2 rings (SSSR count). The first-order chi connectivity index (χ1) is 9.95. The summed E-state index contributed by atoms with van der Waals surface area (Å²) < 4.78 is 0. The van der Waals surface area contributed by atoms with Gasteiger partial charge in [0.05, 0.1) is 11.7 Å². The van der Waals surface area contributed by atoms with Crippen molar-refractivity contribution in [2.24, 2.45) is 5.73 Å². The molecule has 6 heteroatoms. The van der Waals surface area contributed by atoms with Crippen molar-refractivity contribution in [2.75, 3.05) is 5.32 Å². The van der Waals surface area contributed by atoms with Crippen LogP contribution in [0.15, 0.2) is 29.6 Å². The Hall–Kier alpha value is -1.92. The lowest BCUT2D eigenvalue weighted by molar-refractivity contribution is -0.117. The van der Waals surface area contributed by atoms with Gasteiger partial charge in [-0.25, -0.2) is 4.98 Å². The van der Waals surface area contributed by atoms with Crippen molar-refractivity contribution in [3.8, 4) is 5.75 Å². The second-order valence-electron chi connectivity index (χ2n) is 5.20. The van der Waals surface area contributed by atoms with Crippen LogP contribution in [0.25, 0.3) is 0 Å². The van der Waals surface area contributed by atoms with E-state index >= 15 is 0 Å². The van der Waals surface area contributed by atoms with E-state index < -0.39 is 6.04 Å². The van der Waals surface area contributed by atoms with E-state index in [2.05, 4.69) is 24.1 Å². The fraction of sp³-hybridized carbons (Fsp3) is 0.333. The van der Waals surface area contributed by atoms with E-state index in [0.717, 1.165) is 11.3 Å². The number of aromatic nitrogens is 1. The van der Waals surface area contributed by atoms with E-state index in [4.69, 9.17) is 5.73 Å². The molecule has 0 unspecified atom stereocenters. The van der Waals surface area contributed by atoms with Crippen molar-refractivity contribution in [1.29, 1.82) is 0 Å². The fourth-order valence-corrected chi connectivity index (χ4v) is 2.66. The summed E-state index contributed by atoms with van der Waals surface area (Å²) in [4.78, 5) is 16.4. The van der Waals surface area contributed by atoms with Crippen molar-refractivity contribution in [1.82, 2.24) is 4.98 Å². The third-order valence-electron chi connectivity index (χ3n) is 3.07. The highest BCUT2D eigenvalue weighted by atomic mass is 32.1. The molecular weight excluding hydrogens is 286 g/mol. The predicted octanol–water partition coefficient (Wildman–Crippen LogP) is 2.48. The summed E-state index contributed by atoms with van der Waals surface area (Å²) in [5.74, 6) is 0.270. The van der Waals surface area contributed by atoms with Gasteiger partial charge >= 0.3 is 0 Å². The number of carbonyl (C=O) groups is 1. The van der Waals surface area contributed by atoms with Crippen LogP contribution >= 0.6 is 11.3 Å². The maximum absolute atomic E-state index is 12.0. The molecule has 4 N–H and O–H groups in total. The summed E-state index contributed by atoms with van der Waals surface area (Å²) in [5, 5.41) is 14.5. The summed E-state index contributed by atoms with van der Waals surface area (Å²) in [6, 6.07) is 6.01. The number of amides is 1. The molecule has 21 heavy (non-hydrogen) atoms. The van der Waals surface area contributed by atoms with Crippen molar-refractivity contribution in [2.45, 2.75) is 32.2 Å². The minimum atomic E-state index is -0.652. The van der Waals surface area contributed by atoms with Gasteiger partial charge in [0.2, 0.25) is 5.91 Å². The van der Waals surface area contributed by atoms with Gasteiger partial charge in [-0.05, 0) is 30.0 Å². The normalized spacial score (nSPS) is 12.4. The van der Waals surface area contributed by atoms with Crippen molar-refractivity contribution < 1.29 is 9.90 Å². The maximum Gasteiger partial charge on any atom is 0.243 e. The Morgan fingerprint density at radius 1 is 1.38 bits per heavy atom. The lowest BCUT2D eigenvalue weighted by Crippen LogP contribution is -2.37. The van der Waals surface area contributed by atoms with Gasteiger partial charge in [0.25, 0.3) is 0 Å². The molecule has 5 nitrogen and oxygen atoms in total. The lowest BCUT2D eigenvalue weighted by atomic mass is 10.1. The SMILES string of the molecule is CC(C)c1csc(NC(=O)[C@@H](N)Cc2ccc(O)cc2)n1. The summed E-state index contributed by atoms with van der Waals surface area (Å²) >= 11 is 1.40. The molecule has 0 aliphatic heterocycles. The number of hydrogen-bond donors (Lipinski definition) is 3. The second-order valence-corrected chi connectivity index (χ2v) is 6.06. The van der Waals surface area contributed by atoms with Gasteiger partial charge in [-0.3, -0.25) is 4.79 Å². The molecule has 0 spiro atoms. The van der Waals surface area contributed by atoms with Crippen molar-refractivity contribution in [3.63, 3.8) is 0 Å². The zero-order valence-corrected chi connectivity index (χ0v) is 12.9. The van der Waals surface area contributed by atoms with Gasteiger partial charge in [0.1, 0.15) is 5.75 Å². The third kappa shape index (κ3) is 4.27. The van der Waals surface area contributed by atoms with Crippen LogP contribution in [0.5, 0.6) is 5.75 Å². The highest BCUT2D eigenvalue weighted by Gasteiger charge is 2.16. The number of nitrogens with two attached hydrogens (primary N) is 1. The van der Waals surface area contributed by atoms with Crippen LogP contribution in [-0.2, 0) is 11.2 Å². The van der Waals surface area contributed by atoms with Crippen molar-refractivity contribution in [3.05, 3.63) is 40.9 Å². The molecule has 1 heterocycles. The van der Waals surface area contributed by atoms with Crippen LogP contribution < -0.4 is 11.1 Å². The molecule has 0 aliphatic rings. The van der Waals surface area contributed by atoms with E-state index in [9.17, 15) is 9.90 Å². The number of anilines is 1. The Kier molecular flexibility index (Phi) is 4.93. The van der Waals surface area contributed by atoms with Crippen molar-refractivity contribution >= 4 is 22.4 Å². The number of phenols is 1. The first kappa shape index (κ1) is 15.5. The first-order valence-corrected chi connectivity index (χ1v) is 7.63. The smallest absolute Gasteiger partial charge is 0.243 e. The van der Waals surface area contributed by atoms with E-state index in [1.807, 2.05) is 5.38 Å². The molecule has 1 amide bonds. The summed E-state index contributed by atoms with van der Waals surface area (Å²) in [7, 11) is 0. The molecule has 0 saturated carbocycles. The largest absolute Gasteiger partial charge is 0.508 e. The van der Waals surface area contributed by atoms with E-state index in [-0.39, 0.29) is 11.7 Å². The Morgan fingerprint density at radius 2 is 2.05 bits per heavy atom. The van der Waals surface area contributed by atoms with Crippen LogP contribution in [-0.4, -0.2) is 22.0 Å². The molecule has 0 bridgehead atoms. The highest BCUT2D eigenvalue weighted by Crippen LogP contribution is 2.21. The minimum Gasteiger partial charge on any atom is -0.508 e. The fourth-order valence-electron chi connectivity index (χ4n) is 1.79.